The van der Waals surface area contributed by atoms with Gasteiger partial charge in [-0.05, 0) is 49.9 Å². The van der Waals surface area contributed by atoms with Crippen molar-refractivity contribution in [3.63, 3.8) is 0 Å². The molecule has 1 aromatic carbocycles. The number of hydrogen-bond acceptors (Lipinski definition) is 4. The maximum Gasteiger partial charge on any atom is 0.119 e. The molecule has 4 nitrogen and oxygen atoms in total. The van der Waals surface area contributed by atoms with E-state index in [-0.39, 0.29) is 11.0 Å². The lowest BCUT2D eigenvalue weighted by Crippen LogP contribution is -2.46. The van der Waals surface area contributed by atoms with Crippen LogP contribution >= 0.6 is 11.6 Å². The SMILES string of the molecule is CC(C)(C)CC(C)(C)NC[C@H](O)COCCOc1ccc(Cl)cc1. The van der Waals surface area contributed by atoms with Crippen LogP contribution in [0.5, 0.6) is 5.75 Å². The van der Waals surface area contributed by atoms with Crippen molar-refractivity contribution in [2.75, 3.05) is 26.4 Å². The van der Waals surface area contributed by atoms with E-state index in [0.717, 1.165) is 12.2 Å². The molecule has 0 aromatic heterocycles. The average molecular weight is 358 g/mol. The number of halogens is 1. The topological polar surface area (TPSA) is 50.7 Å². The maximum absolute atomic E-state index is 10.0. The van der Waals surface area contributed by atoms with Crippen molar-refractivity contribution >= 4 is 11.6 Å². The molecule has 0 saturated carbocycles. The third-order valence-corrected chi connectivity index (χ3v) is 3.66. The van der Waals surface area contributed by atoms with Gasteiger partial charge in [-0.15, -0.1) is 0 Å². The zero-order valence-corrected chi connectivity index (χ0v) is 16.3. The van der Waals surface area contributed by atoms with E-state index in [0.29, 0.717) is 31.4 Å². The van der Waals surface area contributed by atoms with Gasteiger partial charge in [0.15, 0.2) is 0 Å². The lowest BCUT2D eigenvalue weighted by Gasteiger charge is -2.34. The van der Waals surface area contributed by atoms with Gasteiger partial charge >= 0.3 is 0 Å². The Hall–Kier alpha value is -0.810. The van der Waals surface area contributed by atoms with Crippen LogP contribution in [0, 0.1) is 5.41 Å². The largest absolute Gasteiger partial charge is 0.491 e. The van der Waals surface area contributed by atoms with E-state index in [1.807, 2.05) is 12.1 Å². The summed E-state index contributed by atoms with van der Waals surface area (Å²) in [5.41, 5.74) is 0.230. The number of β-amino-alcohol motifs (C(OH)–C–C–N with tert-alkyl or cyclic N) is 1. The predicted molar refractivity (Wildman–Crippen MR) is 99.9 cm³/mol. The summed E-state index contributed by atoms with van der Waals surface area (Å²) in [6.07, 6.45) is 0.502. The molecule has 24 heavy (non-hydrogen) atoms. The van der Waals surface area contributed by atoms with Crippen LogP contribution in [0.4, 0.5) is 0 Å². The quantitative estimate of drug-likeness (QED) is 0.623. The first-order valence-electron chi connectivity index (χ1n) is 8.47. The van der Waals surface area contributed by atoms with Crippen LogP contribution in [0.15, 0.2) is 24.3 Å². The Morgan fingerprint density at radius 3 is 2.29 bits per heavy atom. The Labute approximate surface area is 151 Å². The molecule has 0 aliphatic heterocycles. The Balaban J connectivity index is 2.13. The van der Waals surface area contributed by atoms with E-state index >= 15 is 0 Å². The summed E-state index contributed by atoms with van der Waals surface area (Å²) in [4.78, 5) is 0. The van der Waals surface area contributed by atoms with Crippen molar-refractivity contribution in [3.8, 4) is 5.75 Å². The van der Waals surface area contributed by atoms with Gasteiger partial charge in [-0.2, -0.15) is 0 Å². The van der Waals surface area contributed by atoms with Gasteiger partial charge in [-0.25, -0.2) is 0 Å². The van der Waals surface area contributed by atoms with Crippen molar-refractivity contribution in [1.82, 2.24) is 5.32 Å². The summed E-state index contributed by atoms with van der Waals surface area (Å²) in [5.74, 6) is 0.758. The minimum Gasteiger partial charge on any atom is -0.491 e. The van der Waals surface area contributed by atoms with Crippen LogP contribution in [0.3, 0.4) is 0 Å². The average Bonchev–Trinajstić information content (AvgIpc) is 2.44. The van der Waals surface area contributed by atoms with Crippen molar-refractivity contribution < 1.29 is 14.6 Å². The van der Waals surface area contributed by atoms with E-state index in [9.17, 15) is 5.11 Å². The molecule has 1 rings (SSSR count). The number of hydrogen-bond donors (Lipinski definition) is 2. The van der Waals surface area contributed by atoms with Gasteiger partial charge < -0.3 is 19.9 Å². The highest BCUT2D eigenvalue weighted by Crippen LogP contribution is 2.26. The molecule has 0 amide bonds. The monoisotopic (exact) mass is 357 g/mol. The molecule has 0 aliphatic carbocycles. The molecule has 1 aromatic rings. The van der Waals surface area contributed by atoms with Crippen molar-refractivity contribution in [2.45, 2.75) is 52.7 Å². The van der Waals surface area contributed by atoms with Crippen molar-refractivity contribution in [1.29, 1.82) is 0 Å². The van der Waals surface area contributed by atoms with E-state index in [1.165, 1.54) is 0 Å². The summed E-state index contributed by atoms with van der Waals surface area (Å²) in [6, 6.07) is 7.20. The maximum atomic E-state index is 10.0. The van der Waals surface area contributed by atoms with Crippen LogP contribution < -0.4 is 10.1 Å². The Kier molecular flexibility index (Phi) is 8.51. The van der Waals surface area contributed by atoms with Crippen LogP contribution in [0.1, 0.15) is 41.0 Å². The zero-order chi connectivity index (χ0) is 18.2. The molecule has 138 valence electrons. The highest BCUT2D eigenvalue weighted by molar-refractivity contribution is 6.30. The smallest absolute Gasteiger partial charge is 0.119 e. The number of nitrogens with one attached hydrogen (secondary N) is 1. The first-order valence-corrected chi connectivity index (χ1v) is 8.84. The Morgan fingerprint density at radius 1 is 1.08 bits per heavy atom. The summed E-state index contributed by atoms with van der Waals surface area (Å²) in [6.45, 7) is 12.7. The number of rotatable bonds is 10. The highest BCUT2D eigenvalue weighted by Gasteiger charge is 2.25. The van der Waals surface area contributed by atoms with Crippen LogP contribution in [-0.2, 0) is 4.74 Å². The second kappa shape index (κ2) is 9.62. The normalized spacial score (nSPS) is 13.8. The first kappa shape index (κ1) is 21.2. The number of ether oxygens (including phenoxy) is 2. The van der Waals surface area contributed by atoms with E-state index in [4.69, 9.17) is 21.1 Å². The fourth-order valence-electron chi connectivity index (χ4n) is 2.81. The van der Waals surface area contributed by atoms with Gasteiger partial charge in [0.05, 0.1) is 19.3 Å². The van der Waals surface area contributed by atoms with E-state index in [2.05, 4.69) is 39.9 Å². The van der Waals surface area contributed by atoms with Gasteiger partial charge in [-0.1, -0.05) is 32.4 Å². The second-order valence-electron chi connectivity index (χ2n) is 8.03. The fourth-order valence-corrected chi connectivity index (χ4v) is 2.94. The minimum absolute atomic E-state index is 0.0169. The molecular formula is C19H32ClNO3. The molecule has 5 heteroatoms. The van der Waals surface area contributed by atoms with Crippen LogP contribution in [0.2, 0.25) is 5.02 Å². The lowest BCUT2D eigenvalue weighted by atomic mass is 9.82. The fraction of sp³-hybridized carbons (Fsp3) is 0.684. The molecule has 0 spiro atoms. The molecule has 0 aliphatic rings. The number of aliphatic hydroxyl groups is 1. The summed E-state index contributed by atoms with van der Waals surface area (Å²) >= 11 is 5.81. The zero-order valence-electron chi connectivity index (χ0n) is 15.6. The summed E-state index contributed by atoms with van der Waals surface area (Å²) in [5, 5.41) is 14.1. The highest BCUT2D eigenvalue weighted by atomic mass is 35.5. The molecule has 0 fully saturated rings. The van der Waals surface area contributed by atoms with Crippen LogP contribution in [-0.4, -0.2) is 43.1 Å². The standard InChI is InChI=1S/C19H32ClNO3/c1-18(2,3)14-19(4,5)21-12-16(22)13-23-10-11-24-17-8-6-15(20)7-9-17/h6-9,16,21-22H,10-14H2,1-5H3/t16-/m0/s1. The van der Waals surface area contributed by atoms with Gasteiger partial charge in [0, 0.05) is 17.1 Å². The molecule has 2 N–H and O–H groups in total. The molecular weight excluding hydrogens is 326 g/mol. The molecule has 0 unspecified atom stereocenters. The van der Waals surface area contributed by atoms with Gasteiger partial charge in [-0.3, -0.25) is 0 Å². The minimum atomic E-state index is -0.528. The molecule has 0 saturated heterocycles. The summed E-state index contributed by atoms with van der Waals surface area (Å²) < 4.78 is 11.0. The third-order valence-electron chi connectivity index (χ3n) is 3.41. The van der Waals surface area contributed by atoms with Gasteiger partial charge in [0.2, 0.25) is 0 Å². The summed E-state index contributed by atoms with van der Waals surface area (Å²) in [7, 11) is 0. The third kappa shape index (κ3) is 10.1. The predicted octanol–water partition coefficient (Wildman–Crippen LogP) is 3.90. The second-order valence-corrected chi connectivity index (χ2v) is 8.47. The van der Waals surface area contributed by atoms with Crippen molar-refractivity contribution in [2.24, 2.45) is 5.41 Å². The van der Waals surface area contributed by atoms with Gasteiger partial charge in [0.1, 0.15) is 12.4 Å². The Morgan fingerprint density at radius 2 is 1.71 bits per heavy atom. The number of aliphatic hydroxyl groups excluding tert-OH is 1. The molecule has 0 heterocycles. The van der Waals surface area contributed by atoms with Crippen LogP contribution in [0.25, 0.3) is 0 Å². The first-order chi connectivity index (χ1) is 11.1. The Bertz CT molecular complexity index is 468. The van der Waals surface area contributed by atoms with Gasteiger partial charge in [0.25, 0.3) is 0 Å². The molecule has 1 atom stereocenters. The van der Waals surface area contributed by atoms with Crippen molar-refractivity contribution in [3.05, 3.63) is 29.3 Å². The lowest BCUT2D eigenvalue weighted by molar-refractivity contribution is 0.0211. The van der Waals surface area contributed by atoms with E-state index < -0.39 is 6.10 Å². The number of benzene rings is 1. The van der Waals surface area contributed by atoms with E-state index in [1.54, 1.807) is 12.1 Å². The molecule has 0 bridgehead atoms. The molecule has 0 radical (unpaired) electrons.